The number of benzene rings is 1. The van der Waals surface area contributed by atoms with Crippen LogP contribution in [0.3, 0.4) is 0 Å². The topological polar surface area (TPSA) is 67.6 Å². The third-order valence-corrected chi connectivity index (χ3v) is 3.21. The molecule has 4 N–H and O–H groups in total. The molecule has 1 aliphatic rings. The van der Waals surface area contributed by atoms with Gasteiger partial charge in [-0.1, -0.05) is 30.3 Å². The maximum absolute atomic E-state index is 5.38. The van der Waals surface area contributed by atoms with Crippen molar-refractivity contribution in [2.75, 3.05) is 13.1 Å². The second kappa shape index (κ2) is 5.68. The smallest absolute Gasteiger partial charge is 0.185 e. The summed E-state index contributed by atoms with van der Waals surface area (Å²) in [6.07, 6.45) is 2.42. The number of hydrogen-bond donors (Lipinski definition) is 2. The largest absolute Gasteiger partial charge is 0.370 e. The van der Waals surface area contributed by atoms with Crippen LogP contribution in [0.5, 0.6) is 0 Å². The molecule has 1 atom stereocenters. The molecule has 1 aliphatic heterocycles. The summed E-state index contributed by atoms with van der Waals surface area (Å²) >= 11 is 0. The summed E-state index contributed by atoms with van der Waals surface area (Å²) in [5.74, 6) is 0.191. The summed E-state index contributed by atoms with van der Waals surface area (Å²) in [6.45, 7) is 2.85. The molecule has 4 heteroatoms. The van der Waals surface area contributed by atoms with Crippen LogP contribution >= 0.6 is 0 Å². The maximum atomic E-state index is 5.38. The molecule has 0 radical (unpaired) electrons. The van der Waals surface area contributed by atoms with E-state index in [2.05, 4.69) is 34.2 Å². The zero-order valence-electron chi connectivity index (χ0n) is 10.0. The Balaban J connectivity index is 1.93. The van der Waals surface area contributed by atoms with Crippen molar-refractivity contribution in [2.45, 2.75) is 25.4 Å². The molecule has 1 heterocycles. The molecule has 17 heavy (non-hydrogen) atoms. The molecule has 2 rings (SSSR count). The molecular formula is C13H20N4. The zero-order valence-corrected chi connectivity index (χ0v) is 10.0. The fourth-order valence-electron chi connectivity index (χ4n) is 2.34. The number of nitrogens with two attached hydrogens (primary N) is 2. The molecule has 1 saturated heterocycles. The van der Waals surface area contributed by atoms with Crippen molar-refractivity contribution in [2.24, 2.45) is 16.5 Å². The van der Waals surface area contributed by atoms with Gasteiger partial charge in [-0.2, -0.15) is 0 Å². The van der Waals surface area contributed by atoms with Gasteiger partial charge in [-0.3, -0.25) is 9.89 Å². The highest BCUT2D eigenvalue weighted by atomic mass is 15.2. The Morgan fingerprint density at radius 2 is 2.06 bits per heavy atom. The van der Waals surface area contributed by atoms with E-state index in [0.29, 0.717) is 6.04 Å². The van der Waals surface area contributed by atoms with E-state index in [9.17, 15) is 0 Å². The van der Waals surface area contributed by atoms with E-state index in [1.165, 1.54) is 18.4 Å². The van der Waals surface area contributed by atoms with Gasteiger partial charge < -0.3 is 11.5 Å². The second-order valence-electron chi connectivity index (χ2n) is 4.52. The Bertz CT molecular complexity index is 370. The number of likely N-dealkylation sites (tertiary alicyclic amines) is 1. The number of nitrogens with zero attached hydrogens (tertiary/aromatic N) is 2. The molecule has 0 bridgehead atoms. The predicted octanol–water partition coefficient (Wildman–Crippen LogP) is 0.924. The van der Waals surface area contributed by atoms with Gasteiger partial charge in [-0.05, 0) is 24.9 Å². The van der Waals surface area contributed by atoms with Crippen LogP contribution in [0.4, 0.5) is 0 Å². The number of aliphatic imine (C=N–C) groups is 1. The highest BCUT2D eigenvalue weighted by molar-refractivity contribution is 5.75. The lowest BCUT2D eigenvalue weighted by molar-refractivity contribution is 0.250. The Labute approximate surface area is 102 Å². The minimum absolute atomic E-state index is 0.191. The molecule has 92 valence electrons. The second-order valence-corrected chi connectivity index (χ2v) is 4.52. The number of guanidine groups is 1. The summed E-state index contributed by atoms with van der Waals surface area (Å²) in [6, 6.07) is 11.0. The van der Waals surface area contributed by atoms with Gasteiger partial charge in [0.1, 0.15) is 0 Å². The predicted molar refractivity (Wildman–Crippen MR) is 70.6 cm³/mol. The Morgan fingerprint density at radius 1 is 1.29 bits per heavy atom. The van der Waals surface area contributed by atoms with Gasteiger partial charge in [0.15, 0.2) is 5.96 Å². The zero-order chi connectivity index (χ0) is 12.1. The van der Waals surface area contributed by atoms with E-state index in [4.69, 9.17) is 11.5 Å². The van der Waals surface area contributed by atoms with Crippen LogP contribution in [0, 0.1) is 0 Å². The van der Waals surface area contributed by atoms with Gasteiger partial charge in [0.2, 0.25) is 0 Å². The van der Waals surface area contributed by atoms with Crippen molar-refractivity contribution >= 4 is 5.96 Å². The molecule has 1 aromatic rings. The number of rotatable bonds is 4. The average molecular weight is 232 g/mol. The van der Waals surface area contributed by atoms with E-state index < -0.39 is 0 Å². The summed E-state index contributed by atoms with van der Waals surface area (Å²) < 4.78 is 0. The summed E-state index contributed by atoms with van der Waals surface area (Å²) in [5.41, 5.74) is 12.1. The molecule has 0 aliphatic carbocycles. The third-order valence-electron chi connectivity index (χ3n) is 3.21. The van der Waals surface area contributed by atoms with Gasteiger partial charge in [-0.25, -0.2) is 0 Å². The van der Waals surface area contributed by atoms with Crippen molar-refractivity contribution in [3.05, 3.63) is 35.9 Å². The molecule has 1 aromatic carbocycles. The Hall–Kier alpha value is -1.55. The molecular weight excluding hydrogens is 212 g/mol. The summed E-state index contributed by atoms with van der Waals surface area (Å²) in [4.78, 5) is 6.59. The van der Waals surface area contributed by atoms with Crippen LogP contribution in [-0.4, -0.2) is 30.0 Å². The molecule has 0 amide bonds. The van der Waals surface area contributed by atoms with Gasteiger partial charge in [-0.15, -0.1) is 0 Å². The van der Waals surface area contributed by atoms with Gasteiger partial charge in [0, 0.05) is 12.6 Å². The molecule has 0 aromatic heterocycles. The van der Waals surface area contributed by atoms with Gasteiger partial charge in [0.25, 0.3) is 0 Å². The van der Waals surface area contributed by atoms with Crippen LogP contribution in [-0.2, 0) is 6.54 Å². The normalized spacial score (nSPS) is 20.4. The van der Waals surface area contributed by atoms with E-state index in [1.807, 2.05) is 6.07 Å². The highest BCUT2D eigenvalue weighted by Gasteiger charge is 2.23. The van der Waals surface area contributed by atoms with E-state index >= 15 is 0 Å². The summed E-state index contributed by atoms with van der Waals surface area (Å²) in [7, 11) is 0. The number of hydrogen-bond acceptors (Lipinski definition) is 2. The molecule has 0 saturated carbocycles. The third kappa shape index (κ3) is 3.46. The SMILES string of the molecule is NC(N)=NCC1CCCN1Cc1ccccc1. The van der Waals surface area contributed by atoms with E-state index in [-0.39, 0.29) is 5.96 Å². The minimum Gasteiger partial charge on any atom is -0.370 e. The maximum Gasteiger partial charge on any atom is 0.185 e. The quantitative estimate of drug-likeness (QED) is 0.599. The van der Waals surface area contributed by atoms with Crippen LogP contribution in [0.2, 0.25) is 0 Å². The first-order valence-electron chi connectivity index (χ1n) is 6.09. The van der Waals surface area contributed by atoms with E-state index in [1.54, 1.807) is 0 Å². The van der Waals surface area contributed by atoms with Gasteiger partial charge >= 0.3 is 0 Å². The van der Waals surface area contributed by atoms with Crippen molar-refractivity contribution in [3.63, 3.8) is 0 Å². The van der Waals surface area contributed by atoms with Crippen LogP contribution in [0.25, 0.3) is 0 Å². The first-order valence-corrected chi connectivity index (χ1v) is 6.09. The molecule has 1 fully saturated rings. The fraction of sp³-hybridized carbons (Fsp3) is 0.462. The summed E-state index contributed by atoms with van der Waals surface area (Å²) in [5, 5.41) is 0. The molecule has 4 nitrogen and oxygen atoms in total. The van der Waals surface area contributed by atoms with Gasteiger partial charge in [0.05, 0.1) is 6.54 Å². The fourth-order valence-corrected chi connectivity index (χ4v) is 2.34. The van der Waals surface area contributed by atoms with Crippen LogP contribution < -0.4 is 11.5 Å². The van der Waals surface area contributed by atoms with Crippen LogP contribution in [0.1, 0.15) is 18.4 Å². The first kappa shape index (κ1) is 11.9. The first-order chi connectivity index (χ1) is 8.25. The average Bonchev–Trinajstić information content (AvgIpc) is 2.75. The highest BCUT2D eigenvalue weighted by Crippen LogP contribution is 2.20. The lowest BCUT2D eigenvalue weighted by Gasteiger charge is -2.23. The van der Waals surface area contributed by atoms with Crippen molar-refractivity contribution < 1.29 is 0 Å². The lowest BCUT2D eigenvalue weighted by Crippen LogP contribution is -2.33. The van der Waals surface area contributed by atoms with Crippen molar-refractivity contribution in [1.82, 2.24) is 4.90 Å². The lowest BCUT2D eigenvalue weighted by atomic mass is 10.2. The van der Waals surface area contributed by atoms with Crippen LogP contribution in [0.15, 0.2) is 35.3 Å². The standard InChI is InChI=1S/C13H20N4/c14-13(15)16-9-12-7-4-8-17(12)10-11-5-2-1-3-6-11/h1-3,5-6,12H,4,7-10H2,(H4,14,15,16). The minimum atomic E-state index is 0.191. The van der Waals surface area contributed by atoms with E-state index in [0.717, 1.165) is 19.6 Å². The Kier molecular flexibility index (Phi) is 3.98. The molecule has 1 unspecified atom stereocenters. The van der Waals surface area contributed by atoms with Crippen molar-refractivity contribution in [3.8, 4) is 0 Å². The van der Waals surface area contributed by atoms with Crippen molar-refractivity contribution in [1.29, 1.82) is 0 Å². The molecule has 0 spiro atoms. The monoisotopic (exact) mass is 232 g/mol. The Morgan fingerprint density at radius 3 is 2.76 bits per heavy atom.